The third-order valence-electron chi connectivity index (χ3n) is 3.70. The minimum absolute atomic E-state index is 0.0630. The summed E-state index contributed by atoms with van der Waals surface area (Å²) in [5.74, 6) is -2.19. The lowest BCUT2D eigenvalue weighted by molar-refractivity contribution is -0.121. The van der Waals surface area contributed by atoms with Crippen molar-refractivity contribution in [3.63, 3.8) is 0 Å². The number of ketones is 1. The Morgan fingerprint density at radius 1 is 1.14 bits per heavy atom. The quantitative estimate of drug-likeness (QED) is 0.775. The molecule has 1 heterocycles. The Morgan fingerprint density at radius 2 is 1.82 bits per heavy atom. The van der Waals surface area contributed by atoms with Crippen molar-refractivity contribution >= 4 is 11.4 Å². The van der Waals surface area contributed by atoms with Gasteiger partial charge < -0.3 is 24.8 Å². The summed E-state index contributed by atoms with van der Waals surface area (Å²) in [4.78, 5) is 12.6. The van der Waals surface area contributed by atoms with E-state index in [2.05, 4.69) is 0 Å². The smallest absolute Gasteiger partial charge is 0.196 e. The predicted octanol–water partition coefficient (Wildman–Crippen LogP) is 2.19. The highest BCUT2D eigenvalue weighted by Crippen LogP contribution is 2.37. The van der Waals surface area contributed by atoms with Gasteiger partial charge in [0.2, 0.25) is 0 Å². The average molecular weight is 302 g/mol. The summed E-state index contributed by atoms with van der Waals surface area (Å²) in [6.45, 7) is 0. The zero-order chi connectivity index (χ0) is 15.9. The van der Waals surface area contributed by atoms with Gasteiger partial charge in [0.25, 0.3) is 0 Å². The molecule has 1 aromatic rings. The van der Waals surface area contributed by atoms with Gasteiger partial charge in [0.15, 0.2) is 23.1 Å². The summed E-state index contributed by atoms with van der Waals surface area (Å²) in [5, 5.41) is 29.3. The maximum atomic E-state index is 12.6. The lowest BCUT2D eigenvalue weighted by atomic mass is 9.83. The Hall–Kier alpha value is -2.89. The highest BCUT2D eigenvalue weighted by atomic mass is 16.5. The van der Waals surface area contributed by atoms with Crippen LogP contribution in [0.25, 0.3) is 5.57 Å². The van der Waals surface area contributed by atoms with Crippen LogP contribution in [0.4, 0.5) is 0 Å². The van der Waals surface area contributed by atoms with E-state index in [4.69, 9.17) is 9.47 Å². The minimum Gasteiger partial charge on any atom is -0.508 e. The average Bonchev–Trinajstić information content (AvgIpc) is 2.52. The molecular formula is C16H14O6. The number of aliphatic hydroxyl groups excluding tert-OH is 2. The Bertz CT molecular complexity index is 711. The summed E-state index contributed by atoms with van der Waals surface area (Å²) >= 11 is 0. The van der Waals surface area contributed by atoms with Gasteiger partial charge in [-0.25, -0.2) is 0 Å². The van der Waals surface area contributed by atoms with Crippen LogP contribution in [0.1, 0.15) is 5.56 Å². The van der Waals surface area contributed by atoms with Crippen molar-refractivity contribution in [3.05, 3.63) is 59.4 Å². The van der Waals surface area contributed by atoms with E-state index in [0.29, 0.717) is 5.56 Å². The second kappa shape index (κ2) is 5.14. The van der Waals surface area contributed by atoms with Crippen LogP contribution >= 0.6 is 0 Å². The number of phenols is 1. The molecule has 0 saturated carbocycles. The maximum Gasteiger partial charge on any atom is 0.196 e. The van der Waals surface area contributed by atoms with Gasteiger partial charge in [-0.3, -0.25) is 4.79 Å². The van der Waals surface area contributed by atoms with Crippen LogP contribution < -0.4 is 0 Å². The number of aliphatic hydroxyl groups is 2. The van der Waals surface area contributed by atoms with Crippen molar-refractivity contribution in [1.82, 2.24) is 0 Å². The third kappa shape index (κ3) is 2.09. The number of fused-ring (bicyclic) bond motifs is 1. The van der Waals surface area contributed by atoms with Crippen molar-refractivity contribution in [1.29, 1.82) is 0 Å². The van der Waals surface area contributed by atoms with Crippen molar-refractivity contribution in [2.24, 2.45) is 5.92 Å². The van der Waals surface area contributed by atoms with E-state index in [0.717, 1.165) is 0 Å². The summed E-state index contributed by atoms with van der Waals surface area (Å²) < 4.78 is 10.4. The molecule has 6 heteroatoms. The first-order valence-corrected chi connectivity index (χ1v) is 6.60. The largest absolute Gasteiger partial charge is 0.508 e. The SMILES string of the molecule is COC1=CC2OC=C(c3ccc(O)cc3)C(=O)C2C(O)=C1O. The van der Waals surface area contributed by atoms with Crippen LogP contribution in [0.15, 0.2) is 53.9 Å². The van der Waals surface area contributed by atoms with Crippen LogP contribution in [0.3, 0.4) is 0 Å². The number of rotatable bonds is 2. The summed E-state index contributed by atoms with van der Waals surface area (Å²) in [5.41, 5.74) is 0.810. The summed E-state index contributed by atoms with van der Waals surface area (Å²) in [6.07, 6.45) is 2.02. The monoisotopic (exact) mass is 302 g/mol. The van der Waals surface area contributed by atoms with Gasteiger partial charge in [-0.15, -0.1) is 0 Å². The highest BCUT2D eigenvalue weighted by molar-refractivity contribution is 6.23. The number of aromatic hydroxyl groups is 1. The van der Waals surface area contributed by atoms with Gasteiger partial charge in [0.1, 0.15) is 17.8 Å². The number of Topliss-reactive ketones (excluding diaryl/α,β-unsaturated/α-hetero) is 1. The minimum atomic E-state index is -1.02. The fourth-order valence-electron chi connectivity index (χ4n) is 2.53. The number of hydrogen-bond donors (Lipinski definition) is 3. The molecule has 1 aromatic carbocycles. The molecule has 0 fully saturated rings. The standard InChI is InChI=1S/C16H14O6/c1-21-12-6-11-13(16(20)15(12)19)14(18)10(7-22-11)8-2-4-9(17)5-3-8/h2-7,11,13,17,19-20H,1H3. The first-order chi connectivity index (χ1) is 10.5. The summed E-state index contributed by atoms with van der Waals surface area (Å²) in [7, 11) is 1.35. The fraction of sp³-hybridized carbons (Fsp3) is 0.188. The first-order valence-electron chi connectivity index (χ1n) is 6.60. The van der Waals surface area contributed by atoms with E-state index in [1.165, 1.54) is 31.6 Å². The van der Waals surface area contributed by atoms with Gasteiger partial charge in [0, 0.05) is 6.08 Å². The molecule has 22 heavy (non-hydrogen) atoms. The van der Waals surface area contributed by atoms with Gasteiger partial charge in [0.05, 0.1) is 18.9 Å². The van der Waals surface area contributed by atoms with Crippen LogP contribution in [0.2, 0.25) is 0 Å². The van der Waals surface area contributed by atoms with E-state index < -0.39 is 23.5 Å². The zero-order valence-electron chi connectivity index (χ0n) is 11.7. The van der Waals surface area contributed by atoms with Crippen LogP contribution in [0, 0.1) is 5.92 Å². The number of allylic oxidation sites excluding steroid dienone is 1. The molecule has 1 aliphatic carbocycles. The Labute approximate surface area is 126 Å². The molecule has 3 rings (SSSR count). The highest BCUT2D eigenvalue weighted by Gasteiger charge is 2.43. The van der Waals surface area contributed by atoms with E-state index in [1.807, 2.05) is 0 Å². The third-order valence-corrected chi connectivity index (χ3v) is 3.70. The Kier molecular flexibility index (Phi) is 3.29. The molecule has 0 amide bonds. The molecule has 2 unspecified atom stereocenters. The fourth-order valence-corrected chi connectivity index (χ4v) is 2.53. The van der Waals surface area contributed by atoms with Crippen molar-refractivity contribution in [2.75, 3.05) is 7.11 Å². The Balaban J connectivity index is 2.00. The molecule has 114 valence electrons. The molecular weight excluding hydrogens is 288 g/mol. The summed E-state index contributed by atoms with van der Waals surface area (Å²) in [6, 6.07) is 6.05. The van der Waals surface area contributed by atoms with E-state index in [1.54, 1.807) is 12.1 Å². The van der Waals surface area contributed by atoms with Crippen molar-refractivity contribution < 1.29 is 29.6 Å². The topological polar surface area (TPSA) is 96.2 Å². The first kappa shape index (κ1) is 14.1. The van der Waals surface area contributed by atoms with Gasteiger partial charge in [-0.05, 0) is 17.7 Å². The number of carbonyl (C=O) groups is 1. The molecule has 2 atom stereocenters. The van der Waals surface area contributed by atoms with Crippen LogP contribution in [-0.2, 0) is 14.3 Å². The molecule has 3 N–H and O–H groups in total. The molecule has 0 aromatic heterocycles. The van der Waals surface area contributed by atoms with E-state index in [9.17, 15) is 20.1 Å². The van der Waals surface area contributed by atoms with Gasteiger partial charge >= 0.3 is 0 Å². The normalized spacial score (nSPS) is 24.1. The lowest BCUT2D eigenvalue weighted by Crippen LogP contribution is -2.37. The van der Waals surface area contributed by atoms with Gasteiger partial charge in [-0.1, -0.05) is 12.1 Å². The van der Waals surface area contributed by atoms with E-state index in [-0.39, 0.29) is 22.9 Å². The molecule has 0 radical (unpaired) electrons. The second-order valence-electron chi connectivity index (χ2n) is 4.99. The number of carbonyl (C=O) groups excluding carboxylic acids is 1. The number of benzene rings is 1. The second-order valence-corrected chi connectivity index (χ2v) is 4.99. The number of ether oxygens (including phenoxy) is 2. The number of methoxy groups -OCH3 is 1. The molecule has 0 bridgehead atoms. The Morgan fingerprint density at radius 3 is 2.45 bits per heavy atom. The van der Waals surface area contributed by atoms with Crippen molar-refractivity contribution in [3.8, 4) is 5.75 Å². The molecule has 6 nitrogen and oxygen atoms in total. The van der Waals surface area contributed by atoms with Crippen LogP contribution in [-0.4, -0.2) is 34.3 Å². The predicted molar refractivity (Wildman–Crippen MR) is 76.8 cm³/mol. The molecule has 0 spiro atoms. The molecule has 2 aliphatic rings. The lowest BCUT2D eigenvalue weighted by Gasteiger charge is -2.31. The molecule has 1 aliphatic heterocycles. The van der Waals surface area contributed by atoms with Crippen LogP contribution in [0.5, 0.6) is 5.75 Å². The number of phenolic OH excluding ortho intramolecular Hbond substituents is 1. The van der Waals surface area contributed by atoms with E-state index >= 15 is 0 Å². The maximum absolute atomic E-state index is 12.6. The molecule has 0 saturated heterocycles. The van der Waals surface area contributed by atoms with Crippen molar-refractivity contribution in [2.45, 2.75) is 6.10 Å². The number of hydrogen-bond acceptors (Lipinski definition) is 6. The van der Waals surface area contributed by atoms with Gasteiger partial charge in [-0.2, -0.15) is 0 Å². The zero-order valence-corrected chi connectivity index (χ0v) is 11.7.